The molecule has 0 bridgehead atoms. The monoisotopic (exact) mass is 260 g/mol. The molecule has 0 spiro atoms. The van der Waals surface area contributed by atoms with Crippen molar-refractivity contribution >= 4 is 0 Å². The van der Waals surface area contributed by atoms with E-state index in [-0.39, 0.29) is 5.92 Å². The van der Waals surface area contributed by atoms with E-state index < -0.39 is 5.92 Å². The van der Waals surface area contributed by atoms with Gasteiger partial charge in [-0.3, -0.25) is 0 Å². The molecular weight excluding hydrogens is 244 g/mol. The van der Waals surface area contributed by atoms with E-state index in [1.54, 1.807) is 0 Å². The fourth-order valence-corrected chi connectivity index (χ4v) is 2.32. The van der Waals surface area contributed by atoms with E-state index >= 15 is 0 Å². The van der Waals surface area contributed by atoms with Crippen LogP contribution >= 0.6 is 0 Å². The third-order valence-electron chi connectivity index (χ3n) is 3.48. The first-order valence-electron chi connectivity index (χ1n) is 6.64. The highest BCUT2D eigenvalue weighted by molar-refractivity contribution is 5.31. The highest BCUT2D eigenvalue weighted by Crippen LogP contribution is 2.28. The quantitative estimate of drug-likeness (QED) is 0.834. The number of rotatable bonds is 4. The second-order valence-corrected chi connectivity index (χ2v) is 4.94. The molecule has 2 heteroatoms. The molecule has 98 valence electrons. The Morgan fingerprint density at radius 1 is 0.900 bits per heavy atom. The van der Waals surface area contributed by atoms with Crippen molar-refractivity contribution in [2.24, 2.45) is 5.92 Å². The van der Waals surface area contributed by atoms with Crippen molar-refractivity contribution in [3.63, 3.8) is 0 Å². The molecule has 0 aliphatic rings. The van der Waals surface area contributed by atoms with E-state index in [0.29, 0.717) is 6.42 Å². The van der Waals surface area contributed by atoms with Crippen molar-refractivity contribution in [1.29, 1.82) is 10.5 Å². The first-order valence-corrected chi connectivity index (χ1v) is 6.64. The van der Waals surface area contributed by atoms with Gasteiger partial charge in [0, 0.05) is 5.92 Å². The summed E-state index contributed by atoms with van der Waals surface area (Å²) >= 11 is 0. The predicted octanol–water partition coefficient (Wildman–Crippen LogP) is 3.98. The Labute approximate surface area is 119 Å². The number of benzene rings is 2. The smallest absolute Gasteiger partial charge is 0.140 e. The van der Waals surface area contributed by atoms with E-state index in [1.807, 2.05) is 61.5 Å². The maximum absolute atomic E-state index is 9.22. The Morgan fingerprint density at radius 2 is 1.50 bits per heavy atom. The van der Waals surface area contributed by atoms with Gasteiger partial charge in [-0.25, -0.2) is 0 Å². The van der Waals surface area contributed by atoms with Gasteiger partial charge in [0.15, 0.2) is 0 Å². The molecule has 0 saturated heterocycles. The van der Waals surface area contributed by atoms with Crippen LogP contribution in [0.4, 0.5) is 0 Å². The van der Waals surface area contributed by atoms with Crippen LogP contribution in [0.2, 0.25) is 0 Å². The Bertz CT molecular complexity index is 616. The summed E-state index contributed by atoms with van der Waals surface area (Å²) in [5.41, 5.74) is 3.37. The van der Waals surface area contributed by atoms with Crippen LogP contribution in [0.25, 0.3) is 0 Å². The number of nitriles is 2. The Balaban J connectivity index is 2.33. The lowest BCUT2D eigenvalue weighted by atomic mass is 9.82. The second kappa shape index (κ2) is 6.55. The van der Waals surface area contributed by atoms with Crippen molar-refractivity contribution in [3.05, 3.63) is 71.3 Å². The van der Waals surface area contributed by atoms with Crippen molar-refractivity contribution in [2.75, 3.05) is 0 Å². The van der Waals surface area contributed by atoms with E-state index in [2.05, 4.69) is 12.1 Å². The fraction of sp³-hybridized carbons (Fsp3) is 0.222. The first kappa shape index (κ1) is 13.8. The van der Waals surface area contributed by atoms with Gasteiger partial charge in [-0.05, 0) is 24.5 Å². The minimum Gasteiger partial charge on any atom is -0.197 e. The van der Waals surface area contributed by atoms with E-state index in [4.69, 9.17) is 0 Å². The molecule has 2 aromatic carbocycles. The topological polar surface area (TPSA) is 47.6 Å². The molecule has 0 aromatic heterocycles. The van der Waals surface area contributed by atoms with Gasteiger partial charge in [-0.1, -0.05) is 60.2 Å². The van der Waals surface area contributed by atoms with Gasteiger partial charge in [0.25, 0.3) is 0 Å². The number of aryl methyl sites for hydroxylation is 1. The maximum Gasteiger partial charge on any atom is 0.140 e. The number of hydrogen-bond acceptors (Lipinski definition) is 2. The molecule has 0 N–H and O–H groups in total. The van der Waals surface area contributed by atoms with Gasteiger partial charge in [0.1, 0.15) is 5.92 Å². The minimum absolute atomic E-state index is 0.0898. The van der Waals surface area contributed by atoms with Crippen molar-refractivity contribution in [2.45, 2.75) is 19.3 Å². The third kappa shape index (κ3) is 3.25. The zero-order valence-corrected chi connectivity index (χ0v) is 11.5. The third-order valence-corrected chi connectivity index (χ3v) is 3.48. The summed E-state index contributed by atoms with van der Waals surface area (Å²) in [5.74, 6) is -0.717. The lowest BCUT2D eigenvalue weighted by Crippen LogP contribution is -2.12. The highest BCUT2D eigenvalue weighted by atomic mass is 14.4. The Morgan fingerprint density at radius 3 is 2.05 bits per heavy atom. The molecule has 0 saturated carbocycles. The molecule has 0 aliphatic carbocycles. The van der Waals surface area contributed by atoms with E-state index in [1.165, 1.54) is 5.56 Å². The normalized spacial score (nSPS) is 11.6. The summed E-state index contributed by atoms with van der Waals surface area (Å²) in [5, 5.41) is 18.4. The van der Waals surface area contributed by atoms with Crippen molar-refractivity contribution < 1.29 is 0 Å². The van der Waals surface area contributed by atoms with Crippen LogP contribution in [0, 0.1) is 35.5 Å². The summed E-state index contributed by atoms with van der Waals surface area (Å²) in [6.45, 7) is 2.03. The maximum atomic E-state index is 9.22. The van der Waals surface area contributed by atoms with Crippen molar-refractivity contribution in [3.8, 4) is 12.1 Å². The summed E-state index contributed by atoms with van der Waals surface area (Å²) in [6, 6.07) is 22.3. The summed E-state index contributed by atoms with van der Waals surface area (Å²) in [6.07, 6.45) is 0.704. The number of hydrogen-bond donors (Lipinski definition) is 0. The molecule has 0 amide bonds. The average Bonchev–Trinajstić information content (AvgIpc) is 2.49. The van der Waals surface area contributed by atoms with Gasteiger partial charge in [0.2, 0.25) is 0 Å². The summed E-state index contributed by atoms with van der Waals surface area (Å²) < 4.78 is 0. The highest BCUT2D eigenvalue weighted by Gasteiger charge is 2.23. The predicted molar refractivity (Wildman–Crippen MR) is 78.8 cm³/mol. The van der Waals surface area contributed by atoms with Gasteiger partial charge in [0.05, 0.1) is 12.1 Å². The van der Waals surface area contributed by atoms with E-state index in [9.17, 15) is 10.5 Å². The molecule has 0 aliphatic heterocycles. The molecule has 1 unspecified atom stereocenters. The molecular formula is C18H16N2. The van der Waals surface area contributed by atoms with E-state index in [0.717, 1.165) is 11.1 Å². The first-order chi connectivity index (χ1) is 9.74. The standard InChI is InChI=1S/C18H16N2/c1-14-7-9-16(10-8-14)18(17(12-19)13-20)11-15-5-3-2-4-6-15/h2-10,17-18H,11H2,1H3. The molecule has 0 radical (unpaired) electrons. The molecule has 2 rings (SSSR count). The Kier molecular flexibility index (Phi) is 4.53. The van der Waals surface area contributed by atoms with Gasteiger partial charge in [-0.2, -0.15) is 10.5 Å². The second-order valence-electron chi connectivity index (χ2n) is 4.94. The SMILES string of the molecule is Cc1ccc(C(Cc2ccccc2)C(C#N)C#N)cc1. The molecule has 1 atom stereocenters. The number of nitrogens with zero attached hydrogens (tertiary/aromatic N) is 2. The zero-order valence-electron chi connectivity index (χ0n) is 11.5. The largest absolute Gasteiger partial charge is 0.197 e. The molecule has 20 heavy (non-hydrogen) atoms. The lowest BCUT2D eigenvalue weighted by molar-refractivity contribution is 0.608. The molecule has 2 nitrogen and oxygen atoms in total. The van der Waals surface area contributed by atoms with Crippen LogP contribution in [-0.4, -0.2) is 0 Å². The Hall–Kier alpha value is -2.58. The van der Waals surface area contributed by atoms with Crippen LogP contribution in [0.3, 0.4) is 0 Å². The van der Waals surface area contributed by atoms with Gasteiger partial charge >= 0.3 is 0 Å². The lowest BCUT2D eigenvalue weighted by Gasteiger charge is -2.18. The van der Waals surface area contributed by atoms with Crippen LogP contribution in [-0.2, 0) is 6.42 Å². The van der Waals surface area contributed by atoms with Gasteiger partial charge < -0.3 is 0 Å². The zero-order chi connectivity index (χ0) is 14.4. The molecule has 0 heterocycles. The fourth-order valence-electron chi connectivity index (χ4n) is 2.32. The minimum atomic E-state index is -0.627. The van der Waals surface area contributed by atoms with Gasteiger partial charge in [-0.15, -0.1) is 0 Å². The average molecular weight is 260 g/mol. The molecule has 0 fully saturated rings. The van der Waals surface area contributed by atoms with Crippen molar-refractivity contribution in [1.82, 2.24) is 0 Å². The molecule has 2 aromatic rings. The summed E-state index contributed by atoms with van der Waals surface area (Å²) in [4.78, 5) is 0. The van der Waals surface area contributed by atoms with Crippen LogP contribution in [0.5, 0.6) is 0 Å². The van der Waals surface area contributed by atoms with Crippen LogP contribution < -0.4 is 0 Å². The summed E-state index contributed by atoms with van der Waals surface area (Å²) in [7, 11) is 0. The van der Waals surface area contributed by atoms with Crippen LogP contribution in [0.15, 0.2) is 54.6 Å². The van der Waals surface area contributed by atoms with Crippen LogP contribution in [0.1, 0.15) is 22.6 Å².